The molecule has 1 fully saturated rings. The van der Waals surface area contributed by atoms with Crippen molar-refractivity contribution in [1.82, 2.24) is 4.31 Å². The number of nitrogens with zero attached hydrogens (tertiary/aromatic N) is 1. The maximum Gasteiger partial charge on any atom is 0.301 e. The van der Waals surface area contributed by atoms with E-state index >= 15 is 0 Å². The van der Waals surface area contributed by atoms with Crippen molar-refractivity contribution in [3.63, 3.8) is 0 Å². The molecule has 1 aliphatic heterocycles. The Hall–Kier alpha value is -1.27. The molecule has 5 nitrogen and oxygen atoms in total. The molecule has 0 unspecified atom stereocenters. The van der Waals surface area contributed by atoms with Gasteiger partial charge in [-0.05, 0) is 36.0 Å². The predicted molar refractivity (Wildman–Crippen MR) is 84.8 cm³/mol. The van der Waals surface area contributed by atoms with Gasteiger partial charge in [-0.25, -0.2) is 0 Å². The summed E-state index contributed by atoms with van der Waals surface area (Å²) in [4.78, 5) is 0. The van der Waals surface area contributed by atoms with Crippen molar-refractivity contribution < 1.29 is 13.5 Å². The average Bonchev–Trinajstić information content (AvgIpc) is 2.41. The van der Waals surface area contributed by atoms with Crippen LogP contribution in [0.1, 0.15) is 45.6 Å². The van der Waals surface area contributed by atoms with E-state index in [4.69, 9.17) is 0 Å². The summed E-state index contributed by atoms with van der Waals surface area (Å²) in [6.45, 7) is 7.21. The predicted octanol–water partition coefficient (Wildman–Crippen LogP) is 2.83. The van der Waals surface area contributed by atoms with Crippen LogP contribution in [0.3, 0.4) is 0 Å². The number of nitrogens with one attached hydrogen (secondary N) is 1. The van der Waals surface area contributed by atoms with Crippen molar-refractivity contribution in [2.75, 3.05) is 17.8 Å². The fourth-order valence-electron chi connectivity index (χ4n) is 2.39. The van der Waals surface area contributed by atoms with Crippen molar-refractivity contribution >= 4 is 15.9 Å². The fourth-order valence-corrected chi connectivity index (χ4v) is 3.70. The van der Waals surface area contributed by atoms with Crippen molar-refractivity contribution in [3.8, 4) is 5.75 Å². The Morgan fingerprint density at radius 3 is 2.33 bits per heavy atom. The molecule has 21 heavy (non-hydrogen) atoms. The second-order valence-corrected chi connectivity index (χ2v) is 8.22. The van der Waals surface area contributed by atoms with Crippen LogP contribution in [0.4, 0.5) is 5.69 Å². The van der Waals surface area contributed by atoms with E-state index in [-0.39, 0.29) is 16.9 Å². The van der Waals surface area contributed by atoms with Gasteiger partial charge in [-0.1, -0.05) is 33.3 Å². The Kier molecular flexibility index (Phi) is 4.49. The van der Waals surface area contributed by atoms with Crippen LogP contribution in [-0.4, -0.2) is 30.9 Å². The highest BCUT2D eigenvalue weighted by Crippen LogP contribution is 2.31. The maximum absolute atomic E-state index is 12.4. The highest BCUT2D eigenvalue weighted by Gasteiger charge is 2.25. The van der Waals surface area contributed by atoms with E-state index in [0.717, 1.165) is 24.8 Å². The molecule has 1 aliphatic rings. The number of hydrogen-bond donors (Lipinski definition) is 2. The molecular formula is C15H24N2O3S. The summed E-state index contributed by atoms with van der Waals surface area (Å²) in [6.07, 6.45) is 2.83. The molecule has 0 saturated carbocycles. The van der Waals surface area contributed by atoms with E-state index < -0.39 is 10.2 Å². The molecule has 0 aliphatic carbocycles. The SMILES string of the molecule is CC(C)(C)c1ccc(O)c(NS(=O)(=O)N2CCCCC2)c1. The Bertz CT molecular complexity index is 600. The Labute approximate surface area is 127 Å². The molecule has 118 valence electrons. The standard InChI is InChI=1S/C15H24N2O3S/c1-15(2,3)12-7-8-14(18)13(11-12)16-21(19,20)17-9-5-4-6-10-17/h7-8,11,16,18H,4-6,9-10H2,1-3H3. The van der Waals surface area contributed by atoms with Crippen LogP contribution in [0.5, 0.6) is 5.75 Å². The van der Waals surface area contributed by atoms with Crippen LogP contribution in [0.25, 0.3) is 0 Å². The first kappa shape index (κ1) is 16.1. The van der Waals surface area contributed by atoms with E-state index in [2.05, 4.69) is 4.72 Å². The Morgan fingerprint density at radius 1 is 1.14 bits per heavy atom. The lowest BCUT2D eigenvalue weighted by Crippen LogP contribution is -2.39. The Balaban J connectivity index is 2.26. The topological polar surface area (TPSA) is 69.6 Å². The zero-order valence-corrected chi connectivity index (χ0v) is 13.7. The number of hydrogen-bond acceptors (Lipinski definition) is 3. The van der Waals surface area contributed by atoms with Crippen molar-refractivity contribution in [2.24, 2.45) is 0 Å². The molecule has 6 heteroatoms. The first-order valence-corrected chi connectivity index (χ1v) is 8.75. The van der Waals surface area contributed by atoms with Crippen molar-refractivity contribution in [3.05, 3.63) is 23.8 Å². The second kappa shape index (κ2) is 5.85. The number of rotatable bonds is 3. The molecule has 1 aromatic rings. The van der Waals surface area contributed by atoms with Crippen LogP contribution in [0.2, 0.25) is 0 Å². The van der Waals surface area contributed by atoms with Gasteiger partial charge in [-0.2, -0.15) is 12.7 Å². The van der Waals surface area contributed by atoms with Gasteiger partial charge in [-0.15, -0.1) is 0 Å². The molecule has 2 N–H and O–H groups in total. The van der Waals surface area contributed by atoms with Gasteiger partial charge in [0.15, 0.2) is 0 Å². The zero-order chi connectivity index (χ0) is 15.7. The molecule has 2 rings (SSSR count). The summed E-state index contributed by atoms with van der Waals surface area (Å²) < 4.78 is 28.7. The largest absolute Gasteiger partial charge is 0.506 e. The van der Waals surface area contributed by atoms with Gasteiger partial charge in [0.05, 0.1) is 5.69 Å². The average molecular weight is 312 g/mol. The highest BCUT2D eigenvalue weighted by molar-refractivity contribution is 7.90. The summed E-state index contributed by atoms with van der Waals surface area (Å²) >= 11 is 0. The normalized spacial score (nSPS) is 17.7. The van der Waals surface area contributed by atoms with Gasteiger partial charge in [-0.3, -0.25) is 4.72 Å². The first-order chi connectivity index (χ1) is 9.70. The molecule has 0 bridgehead atoms. The van der Waals surface area contributed by atoms with Crippen LogP contribution in [0, 0.1) is 0 Å². The Morgan fingerprint density at radius 2 is 1.76 bits per heavy atom. The van der Waals surface area contributed by atoms with E-state index in [1.807, 2.05) is 26.8 Å². The molecule has 0 spiro atoms. The highest BCUT2D eigenvalue weighted by atomic mass is 32.2. The van der Waals surface area contributed by atoms with Crippen LogP contribution in [0.15, 0.2) is 18.2 Å². The van der Waals surface area contributed by atoms with Gasteiger partial charge < -0.3 is 5.11 Å². The minimum absolute atomic E-state index is 0.0522. The number of piperidine rings is 1. The quantitative estimate of drug-likeness (QED) is 0.843. The smallest absolute Gasteiger partial charge is 0.301 e. The molecule has 0 aromatic heterocycles. The number of aromatic hydroxyl groups is 1. The second-order valence-electron chi connectivity index (χ2n) is 6.55. The van der Waals surface area contributed by atoms with Crippen molar-refractivity contribution in [2.45, 2.75) is 45.4 Å². The summed E-state index contributed by atoms with van der Waals surface area (Å²) in [5.41, 5.74) is 1.10. The summed E-state index contributed by atoms with van der Waals surface area (Å²) in [5, 5.41) is 9.92. The van der Waals surface area contributed by atoms with E-state index in [1.165, 1.54) is 10.4 Å². The van der Waals surface area contributed by atoms with Gasteiger partial charge in [0.1, 0.15) is 5.75 Å². The monoisotopic (exact) mass is 312 g/mol. The van der Waals surface area contributed by atoms with Crippen LogP contribution >= 0.6 is 0 Å². The molecule has 0 radical (unpaired) electrons. The van der Waals surface area contributed by atoms with Crippen molar-refractivity contribution in [1.29, 1.82) is 0 Å². The summed E-state index contributed by atoms with van der Waals surface area (Å²) in [6, 6.07) is 5.06. The minimum Gasteiger partial charge on any atom is -0.506 e. The van der Waals surface area contributed by atoms with Gasteiger partial charge in [0.2, 0.25) is 0 Å². The number of phenols is 1. The molecule has 1 aromatic carbocycles. The summed E-state index contributed by atoms with van der Waals surface area (Å²) in [7, 11) is -3.60. The first-order valence-electron chi connectivity index (χ1n) is 7.31. The van der Waals surface area contributed by atoms with Crippen LogP contribution in [-0.2, 0) is 15.6 Å². The zero-order valence-electron chi connectivity index (χ0n) is 12.9. The van der Waals surface area contributed by atoms with E-state index in [1.54, 1.807) is 6.07 Å². The van der Waals surface area contributed by atoms with Gasteiger partial charge in [0.25, 0.3) is 0 Å². The van der Waals surface area contributed by atoms with Gasteiger partial charge in [0, 0.05) is 13.1 Å². The van der Waals surface area contributed by atoms with E-state index in [9.17, 15) is 13.5 Å². The third-order valence-corrected chi connectivity index (χ3v) is 5.28. The maximum atomic E-state index is 12.4. The molecule has 0 amide bonds. The molecule has 1 saturated heterocycles. The lowest BCUT2D eigenvalue weighted by atomic mass is 9.87. The number of phenolic OH excluding ortho intramolecular Hbond substituents is 1. The number of benzene rings is 1. The fraction of sp³-hybridized carbons (Fsp3) is 0.600. The minimum atomic E-state index is -3.60. The van der Waals surface area contributed by atoms with E-state index in [0.29, 0.717) is 13.1 Å². The lowest BCUT2D eigenvalue weighted by Gasteiger charge is -2.27. The molecule has 1 heterocycles. The molecular weight excluding hydrogens is 288 g/mol. The third kappa shape index (κ3) is 3.89. The summed E-state index contributed by atoms with van der Waals surface area (Å²) in [5.74, 6) is -0.0522. The lowest BCUT2D eigenvalue weighted by molar-refractivity contribution is 0.349. The number of anilines is 1. The van der Waals surface area contributed by atoms with Gasteiger partial charge >= 0.3 is 10.2 Å². The van der Waals surface area contributed by atoms with Crippen LogP contribution < -0.4 is 4.72 Å². The third-order valence-electron chi connectivity index (χ3n) is 3.76. The molecule has 0 atom stereocenters.